The van der Waals surface area contributed by atoms with Crippen molar-refractivity contribution >= 4 is 17.5 Å². The molecular formula is C23H22N4O3. The van der Waals surface area contributed by atoms with Gasteiger partial charge in [0, 0.05) is 12.5 Å². The van der Waals surface area contributed by atoms with Gasteiger partial charge in [-0.3, -0.25) is 4.79 Å². The van der Waals surface area contributed by atoms with Crippen LogP contribution in [0.5, 0.6) is 11.5 Å². The first-order chi connectivity index (χ1) is 14.7. The highest BCUT2D eigenvalue weighted by molar-refractivity contribution is 6.02. The highest BCUT2D eigenvalue weighted by Crippen LogP contribution is 2.23. The summed E-state index contributed by atoms with van der Waals surface area (Å²) in [7, 11) is 3.25. The summed E-state index contributed by atoms with van der Waals surface area (Å²) >= 11 is 0. The molecule has 4 rings (SSSR count). The predicted octanol–water partition coefficient (Wildman–Crippen LogP) is 3.54. The van der Waals surface area contributed by atoms with Crippen molar-refractivity contribution in [1.29, 1.82) is 0 Å². The number of hydrogen-bond donors (Lipinski definition) is 1. The van der Waals surface area contributed by atoms with Gasteiger partial charge in [-0.15, -0.1) is 0 Å². The molecule has 0 bridgehead atoms. The number of aromatic nitrogens is 2. The van der Waals surface area contributed by atoms with Crippen LogP contribution in [0.1, 0.15) is 23.5 Å². The first-order valence-electron chi connectivity index (χ1n) is 9.56. The van der Waals surface area contributed by atoms with E-state index in [-0.39, 0.29) is 5.56 Å². The van der Waals surface area contributed by atoms with Crippen molar-refractivity contribution in [3.05, 3.63) is 88.1 Å². The van der Waals surface area contributed by atoms with Crippen molar-refractivity contribution in [3.8, 4) is 11.5 Å². The van der Waals surface area contributed by atoms with Gasteiger partial charge < -0.3 is 14.8 Å². The number of fused-ring (bicyclic) bond motifs is 1. The highest BCUT2D eigenvalue weighted by Gasteiger charge is 2.12. The number of rotatable bonds is 6. The number of benzene rings is 2. The van der Waals surface area contributed by atoms with E-state index in [1.807, 2.05) is 60.7 Å². The van der Waals surface area contributed by atoms with Crippen LogP contribution in [0.2, 0.25) is 0 Å². The molecule has 2 aromatic carbocycles. The molecule has 7 heteroatoms. The van der Waals surface area contributed by atoms with Gasteiger partial charge >= 0.3 is 0 Å². The van der Waals surface area contributed by atoms with Gasteiger partial charge in [0.25, 0.3) is 5.56 Å². The molecule has 7 nitrogen and oxygen atoms in total. The van der Waals surface area contributed by atoms with Crippen molar-refractivity contribution in [3.63, 3.8) is 0 Å². The molecule has 30 heavy (non-hydrogen) atoms. The number of para-hydroxylation sites is 2. The molecule has 0 saturated carbocycles. The molecule has 1 aliphatic rings. The van der Waals surface area contributed by atoms with Gasteiger partial charge in [-0.2, -0.15) is 9.78 Å². The SMILES string of the molecule is COc1ccc(C2=Nn3c(nc(CNc4ccccc4OC)cc3=O)C=CC2)cc1. The fourth-order valence-electron chi connectivity index (χ4n) is 3.22. The van der Waals surface area contributed by atoms with E-state index in [0.717, 1.165) is 28.5 Å². The lowest BCUT2D eigenvalue weighted by Crippen LogP contribution is -2.22. The molecule has 0 fully saturated rings. The van der Waals surface area contributed by atoms with Crippen molar-refractivity contribution in [2.24, 2.45) is 5.10 Å². The molecule has 0 atom stereocenters. The topological polar surface area (TPSA) is 77.7 Å². The lowest BCUT2D eigenvalue weighted by atomic mass is 10.1. The highest BCUT2D eigenvalue weighted by atomic mass is 16.5. The van der Waals surface area contributed by atoms with E-state index in [1.165, 1.54) is 10.7 Å². The molecule has 1 N–H and O–H groups in total. The summed E-state index contributed by atoms with van der Waals surface area (Å²) in [4.78, 5) is 17.4. The summed E-state index contributed by atoms with van der Waals surface area (Å²) in [6.07, 6.45) is 4.39. The van der Waals surface area contributed by atoms with Crippen LogP contribution in [-0.4, -0.2) is 29.6 Å². The number of nitrogens with zero attached hydrogens (tertiary/aromatic N) is 3. The third-order valence-corrected chi connectivity index (χ3v) is 4.76. The summed E-state index contributed by atoms with van der Waals surface area (Å²) in [6.45, 7) is 0.395. The average Bonchev–Trinajstić information content (AvgIpc) is 3.01. The van der Waals surface area contributed by atoms with Gasteiger partial charge in [0.15, 0.2) is 5.82 Å². The third-order valence-electron chi connectivity index (χ3n) is 4.76. The zero-order valence-corrected chi connectivity index (χ0v) is 16.8. The van der Waals surface area contributed by atoms with Gasteiger partial charge in [-0.05, 0) is 48.0 Å². The van der Waals surface area contributed by atoms with Crippen molar-refractivity contribution in [2.45, 2.75) is 13.0 Å². The quantitative estimate of drug-likeness (QED) is 0.682. The molecule has 2 heterocycles. The van der Waals surface area contributed by atoms with Crippen molar-refractivity contribution < 1.29 is 9.47 Å². The second-order valence-electron chi connectivity index (χ2n) is 6.69. The molecule has 0 aliphatic carbocycles. The van der Waals surface area contributed by atoms with Crippen LogP contribution in [0.25, 0.3) is 6.08 Å². The zero-order chi connectivity index (χ0) is 20.9. The van der Waals surface area contributed by atoms with Crippen LogP contribution in [-0.2, 0) is 6.54 Å². The van der Waals surface area contributed by atoms with Crippen LogP contribution in [0.3, 0.4) is 0 Å². The Morgan fingerprint density at radius 2 is 1.87 bits per heavy atom. The van der Waals surface area contributed by atoms with Crippen LogP contribution in [0.4, 0.5) is 5.69 Å². The minimum atomic E-state index is -0.227. The van der Waals surface area contributed by atoms with Gasteiger partial charge in [-0.25, -0.2) is 4.98 Å². The van der Waals surface area contributed by atoms with Crippen LogP contribution < -0.4 is 20.3 Å². The Labute approximate surface area is 174 Å². The summed E-state index contributed by atoms with van der Waals surface area (Å²) < 4.78 is 11.9. The molecule has 0 unspecified atom stereocenters. The Morgan fingerprint density at radius 3 is 2.63 bits per heavy atom. The minimum Gasteiger partial charge on any atom is -0.497 e. The third kappa shape index (κ3) is 4.10. The van der Waals surface area contributed by atoms with E-state index >= 15 is 0 Å². The predicted molar refractivity (Wildman–Crippen MR) is 117 cm³/mol. The Kier molecular flexibility index (Phi) is 5.61. The number of methoxy groups -OCH3 is 2. The van der Waals surface area contributed by atoms with Crippen LogP contribution >= 0.6 is 0 Å². The van der Waals surface area contributed by atoms with Crippen LogP contribution in [0, 0.1) is 0 Å². The van der Waals surface area contributed by atoms with Gasteiger partial charge in [0.2, 0.25) is 0 Å². The van der Waals surface area contributed by atoms with Crippen LogP contribution in [0.15, 0.2) is 70.6 Å². The number of hydrogen-bond acceptors (Lipinski definition) is 6. The molecule has 1 aliphatic heterocycles. The number of anilines is 1. The number of allylic oxidation sites excluding steroid dienone is 1. The van der Waals surface area contributed by atoms with Gasteiger partial charge in [0.1, 0.15) is 11.5 Å². The van der Waals surface area contributed by atoms with Crippen molar-refractivity contribution in [1.82, 2.24) is 9.66 Å². The van der Waals surface area contributed by atoms with E-state index in [1.54, 1.807) is 14.2 Å². The monoisotopic (exact) mass is 402 g/mol. The zero-order valence-electron chi connectivity index (χ0n) is 16.8. The van der Waals surface area contributed by atoms with Gasteiger partial charge in [0.05, 0.1) is 37.9 Å². The number of nitrogens with one attached hydrogen (secondary N) is 1. The molecule has 1 aromatic heterocycles. The molecule has 152 valence electrons. The fraction of sp³-hybridized carbons (Fsp3) is 0.174. The maximum Gasteiger partial charge on any atom is 0.274 e. The Morgan fingerprint density at radius 1 is 1.07 bits per heavy atom. The fourth-order valence-corrected chi connectivity index (χ4v) is 3.22. The van der Waals surface area contributed by atoms with E-state index in [0.29, 0.717) is 24.5 Å². The first-order valence-corrected chi connectivity index (χ1v) is 9.56. The molecule has 0 radical (unpaired) electrons. The van der Waals surface area contributed by atoms with E-state index in [2.05, 4.69) is 15.4 Å². The molecule has 0 amide bonds. The summed E-state index contributed by atoms with van der Waals surface area (Å²) in [5.41, 5.74) is 2.96. The lowest BCUT2D eigenvalue weighted by molar-refractivity contribution is 0.415. The largest absolute Gasteiger partial charge is 0.497 e. The van der Waals surface area contributed by atoms with Crippen molar-refractivity contribution in [2.75, 3.05) is 19.5 Å². The van der Waals surface area contributed by atoms with E-state index in [4.69, 9.17) is 9.47 Å². The normalized spacial score (nSPS) is 12.5. The summed E-state index contributed by atoms with van der Waals surface area (Å²) in [6, 6.07) is 16.7. The summed E-state index contributed by atoms with van der Waals surface area (Å²) in [5, 5.41) is 7.83. The lowest BCUT2D eigenvalue weighted by Gasteiger charge is -2.11. The second-order valence-corrected chi connectivity index (χ2v) is 6.69. The maximum absolute atomic E-state index is 12.8. The standard InChI is InChI=1S/C23H22N4O3/c1-29-18-12-10-16(11-13-18)19-7-5-9-22-25-17(14-23(28)27(22)26-19)15-24-20-6-3-4-8-21(20)30-2/h3-6,8-14,24H,7,15H2,1-2H3. The molecule has 0 spiro atoms. The van der Waals surface area contributed by atoms with Gasteiger partial charge in [-0.1, -0.05) is 18.2 Å². The Hall–Kier alpha value is -3.87. The molecule has 3 aromatic rings. The Bertz CT molecular complexity index is 1160. The smallest absolute Gasteiger partial charge is 0.274 e. The minimum absolute atomic E-state index is 0.227. The van der Waals surface area contributed by atoms with E-state index in [9.17, 15) is 4.79 Å². The average molecular weight is 402 g/mol. The van der Waals surface area contributed by atoms with E-state index < -0.39 is 0 Å². The molecule has 0 saturated heterocycles. The Balaban J connectivity index is 1.61. The summed E-state index contributed by atoms with van der Waals surface area (Å²) in [5.74, 6) is 2.01. The second kappa shape index (κ2) is 8.65. The first kappa shape index (κ1) is 19.4. The molecular weight excluding hydrogens is 380 g/mol. The number of ether oxygens (including phenoxy) is 2. The maximum atomic E-state index is 12.8.